The highest BCUT2D eigenvalue weighted by atomic mass is 32.2. The number of thioether (sulfide) groups is 1. The van der Waals surface area contributed by atoms with Crippen LogP contribution >= 0.6 is 11.8 Å². The summed E-state index contributed by atoms with van der Waals surface area (Å²) in [6.07, 6.45) is 5.55. The third-order valence-electron chi connectivity index (χ3n) is 4.00. The zero-order valence-corrected chi connectivity index (χ0v) is 13.6. The number of carbonyl (C=O) groups is 1. The molecule has 0 saturated carbocycles. The lowest BCUT2D eigenvalue weighted by atomic mass is 9.90. The van der Waals surface area contributed by atoms with E-state index in [4.69, 9.17) is 4.74 Å². The lowest BCUT2D eigenvalue weighted by Gasteiger charge is -2.30. The summed E-state index contributed by atoms with van der Waals surface area (Å²) in [5.74, 6) is 0.345. The third-order valence-corrected chi connectivity index (χ3v) is 5.46. The highest BCUT2D eigenvalue weighted by Gasteiger charge is 2.35. The number of carboxylic acid groups (broad SMARTS) is 1. The summed E-state index contributed by atoms with van der Waals surface area (Å²) < 4.78 is 5.35. The van der Waals surface area contributed by atoms with Crippen molar-refractivity contribution in [3.63, 3.8) is 0 Å². The first kappa shape index (κ1) is 17.8. The Balaban J connectivity index is 2.31. The smallest absolute Gasteiger partial charge is 0.323 e. The summed E-state index contributed by atoms with van der Waals surface area (Å²) in [6.45, 7) is 6.55. The summed E-state index contributed by atoms with van der Waals surface area (Å²) in [7, 11) is 0. The molecule has 1 aliphatic rings. The van der Waals surface area contributed by atoms with Crippen LogP contribution in [0, 0.1) is 0 Å². The van der Waals surface area contributed by atoms with Crippen LogP contribution in [0.25, 0.3) is 0 Å². The molecule has 0 aromatic heterocycles. The molecule has 0 spiro atoms. The van der Waals surface area contributed by atoms with Gasteiger partial charge in [0.25, 0.3) is 0 Å². The number of hydrogen-bond acceptors (Lipinski definition) is 4. The first-order chi connectivity index (χ1) is 9.64. The fourth-order valence-corrected chi connectivity index (χ4v) is 3.72. The van der Waals surface area contributed by atoms with Crippen molar-refractivity contribution in [2.45, 2.75) is 63.2 Å². The Hall–Kier alpha value is -0.260. The van der Waals surface area contributed by atoms with Crippen molar-refractivity contribution in [2.75, 3.05) is 25.5 Å². The quantitative estimate of drug-likeness (QED) is 0.608. The second-order valence-electron chi connectivity index (χ2n) is 5.45. The van der Waals surface area contributed by atoms with Gasteiger partial charge in [-0.05, 0) is 50.8 Å². The predicted molar refractivity (Wildman–Crippen MR) is 84.5 cm³/mol. The fraction of sp³-hybridized carbons (Fsp3) is 0.933. The summed E-state index contributed by atoms with van der Waals surface area (Å²) >= 11 is 1.98. The largest absolute Gasteiger partial charge is 0.480 e. The molecule has 2 N–H and O–H groups in total. The molecule has 1 saturated heterocycles. The van der Waals surface area contributed by atoms with Gasteiger partial charge in [-0.25, -0.2) is 0 Å². The van der Waals surface area contributed by atoms with E-state index >= 15 is 0 Å². The maximum atomic E-state index is 11.6. The van der Waals surface area contributed by atoms with E-state index in [1.54, 1.807) is 0 Å². The lowest BCUT2D eigenvalue weighted by Crippen LogP contribution is -2.52. The van der Waals surface area contributed by atoms with Crippen LogP contribution in [0.2, 0.25) is 0 Å². The van der Waals surface area contributed by atoms with Crippen LogP contribution in [0.4, 0.5) is 0 Å². The zero-order chi connectivity index (χ0) is 14.8. The monoisotopic (exact) mass is 303 g/mol. The Morgan fingerprint density at radius 3 is 2.65 bits per heavy atom. The van der Waals surface area contributed by atoms with Crippen molar-refractivity contribution in [2.24, 2.45) is 0 Å². The molecule has 0 bridgehead atoms. The van der Waals surface area contributed by atoms with Crippen LogP contribution < -0.4 is 5.32 Å². The van der Waals surface area contributed by atoms with E-state index in [1.165, 1.54) is 0 Å². The van der Waals surface area contributed by atoms with Gasteiger partial charge in [0.1, 0.15) is 5.54 Å². The summed E-state index contributed by atoms with van der Waals surface area (Å²) in [4.78, 5) is 11.6. The normalized spacial score (nSPS) is 19.7. The standard InChI is InChI=1S/C15H29NO3S/c1-3-9-16-15(4-2,14(17)18)8-5-12-20-13-6-10-19-11-7-13/h13,16H,3-12H2,1-2H3,(H,17,18). The van der Waals surface area contributed by atoms with E-state index in [2.05, 4.69) is 12.2 Å². The van der Waals surface area contributed by atoms with Gasteiger partial charge in [0, 0.05) is 18.5 Å². The molecule has 1 fully saturated rings. The molecule has 1 atom stereocenters. The number of ether oxygens (including phenoxy) is 1. The van der Waals surface area contributed by atoms with Gasteiger partial charge in [-0.1, -0.05) is 13.8 Å². The van der Waals surface area contributed by atoms with Crippen molar-refractivity contribution >= 4 is 17.7 Å². The maximum absolute atomic E-state index is 11.6. The molecular weight excluding hydrogens is 274 g/mol. The van der Waals surface area contributed by atoms with E-state index < -0.39 is 11.5 Å². The highest BCUT2D eigenvalue weighted by molar-refractivity contribution is 7.99. The van der Waals surface area contributed by atoms with Gasteiger partial charge < -0.3 is 15.2 Å². The molecule has 0 aromatic rings. The van der Waals surface area contributed by atoms with Gasteiger partial charge in [-0.2, -0.15) is 11.8 Å². The average molecular weight is 303 g/mol. The summed E-state index contributed by atoms with van der Waals surface area (Å²) in [5, 5.41) is 13.5. The zero-order valence-electron chi connectivity index (χ0n) is 12.8. The van der Waals surface area contributed by atoms with Crippen LogP contribution in [-0.4, -0.2) is 47.4 Å². The fourth-order valence-electron chi connectivity index (χ4n) is 2.55. The van der Waals surface area contributed by atoms with Gasteiger partial charge in [-0.3, -0.25) is 4.79 Å². The number of rotatable bonds is 10. The van der Waals surface area contributed by atoms with Gasteiger partial charge in [0.15, 0.2) is 0 Å². The second-order valence-corrected chi connectivity index (χ2v) is 6.86. The number of carboxylic acids is 1. The predicted octanol–water partition coefficient (Wildman–Crippen LogP) is 2.91. The molecule has 118 valence electrons. The van der Waals surface area contributed by atoms with E-state index in [9.17, 15) is 9.90 Å². The Morgan fingerprint density at radius 1 is 1.40 bits per heavy atom. The van der Waals surface area contributed by atoms with Gasteiger partial charge in [0.2, 0.25) is 0 Å². The molecule has 0 amide bonds. The van der Waals surface area contributed by atoms with E-state index in [0.29, 0.717) is 11.7 Å². The number of nitrogens with one attached hydrogen (secondary N) is 1. The van der Waals surface area contributed by atoms with Gasteiger partial charge >= 0.3 is 5.97 Å². The third kappa shape index (κ3) is 5.62. The average Bonchev–Trinajstić information content (AvgIpc) is 2.47. The Bertz CT molecular complexity index is 282. The van der Waals surface area contributed by atoms with Crippen LogP contribution in [0.1, 0.15) is 52.4 Å². The van der Waals surface area contributed by atoms with Crippen LogP contribution in [0.3, 0.4) is 0 Å². The van der Waals surface area contributed by atoms with E-state index in [1.807, 2.05) is 18.7 Å². The molecule has 1 heterocycles. The molecule has 0 aromatic carbocycles. The summed E-state index contributed by atoms with van der Waals surface area (Å²) in [6, 6.07) is 0. The Labute approximate surface area is 127 Å². The molecule has 1 aliphatic heterocycles. The first-order valence-corrected chi connectivity index (χ1v) is 8.87. The Morgan fingerprint density at radius 2 is 2.10 bits per heavy atom. The van der Waals surface area contributed by atoms with Gasteiger partial charge in [0.05, 0.1) is 0 Å². The number of aliphatic carboxylic acids is 1. The summed E-state index contributed by atoms with van der Waals surface area (Å²) in [5.41, 5.74) is -0.730. The highest BCUT2D eigenvalue weighted by Crippen LogP contribution is 2.25. The van der Waals surface area contributed by atoms with Gasteiger partial charge in [-0.15, -0.1) is 0 Å². The van der Waals surface area contributed by atoms with Crippen molar-refractivity contribution in [3.8, 4) is 0 Å². The minimum atomic E-state index is -0.730. The molecule has 0 aliphatic carbocycles. The van der Waals surface area contributed by atoms with Crippen LogP contribution in [0.5, 0.6) is 0 Å². The van der Waals surface area contributed by atoms with Crippen molar-refractivity contribution in [1.29, 1.82) is 0 Å². The van der Waals surface area contributed by atoms with Crippen molar-refractivity contribution in [1.82, 2.24) is 5.32 Å². The molecule has 0 radical (unpaired) electrons. The molecule has 4 nitrogen and oxygen atoms in total. The molecule has 20 heavy (non-hydrogen) atoms. The topological polar surface area (TPSA) is 58.6 Å². The first-order valence-electron chi connectivity index (χ1n) is 7.82. The Kier molecular flexibility index (Phi) is 8.57. The maximum Gasteiger partial charge on any atom is 0.323 e. The SMILES string of the molecule is CCCNC(CC)(CCCSC1CCOCC1)C(=O)O. The van der Waals surface area contributed by atoms with E-state index in [-0.39, 0.29) is 0 Å². The van der Waals surface area contributed by atoms with Crippen LogP contribution in [0.15, 0.2) is 0 Å². The van der Waals surface area contributed by atoms with Crippen molar-refractivity contribution in [3.05, 3.63) is 0 Å². The van der Waals surface area contributed by atoms with E-state index in [0.717, 1.165) is 57.6 Å². The number of hydrogen-bond donors (Lipinski definition) is 2. The molecule has 1 unspecified atom stereocenters. The minimum Gasteiger partial charge on any atom is -0.480 e. The second kappa shape index (κ2) is 9.64. The lowest BCUT2D eigenvalue weighted by molar-refractivity contribution is -0.145. The van der Waals surface area contributed by atoms with Crippen molar-refractivity contribution < 1.29 is 14.6 Å². The molecule has 1 rings (SSSR count). The van der Waals surface area contributed by atoms with Crippen LogP contribution in [-0.2, 0) is 9.53 Å². The minimum absolute atomic E-state index is 0.643. The molecular formula is C15H29NO3S. The molecule has 5 heteroatoms.